The van der Waals surface area contributed by atoms with Crippen molar-refractivity contribution in [3.8, 4) is 0 Å². The van der Waals surface area contributed by atoms with Gasteiger partial charge in [-0.05, 0) is 46.2 Å². The minimum atomic E-state index is 0.331. The highest BCUT2D eigenvalue weighted by Crippen LogP contribution is 2.21. The fourth-order valence-corrected chi connectivity index (χ4v) is 2.62. The van der Waals surface area contributed by atoms with Crippen LogP contribution in [-0.2, 0) is 4.79 Å². The second-order valence-corrected chi connectivity index (χ2v) is 5.29. The van der Waals surface area contributed by atoms with E-state index in [0.717, 1.165) is 25.4 Å². The van der Waals surface area contributed by atoms with E-state index in [1.54, 1.807) is 6.92 Å². The predicted octanol–water partition coefficient (Wildman–Crippen LogP) is 3.40. The number of ketones is 1. The van der Waals surface area contributed by atoms with Crippen molar-refractivity contribution < 1.29 is 4.79 Å². The molecule has 94 valence electrons. The second-order valence-electron chi connectivity index (χ2n) is 5.29. The third kappa shape index (κ3) is 5.64. The number of hydrogen-bond donors (Lipinski definition) is 0. The summed E-state index contributed by atoms with van der Waals surface area (Å²) in [5, 5.41) is 0. The summed E-state index contributed by atoms with van der Waals surface area (Å²) in [6, 6.07) is 0.805. The average Bonchev–Trinajstić information content (AvgIpc) is 2.52. The molecular weight excluding hydrogens is 198 g/mol. The number of hydrogen-bond acceptors (Lipinski definition) is 2. The molecule has 0 unspecified atom stereocenters. The fourth-order valence-electron chi connectivity index (χ4n) is 2.62. The molecule has 0 saturated heterocycles. The van der Waals surface area contributed by atoms with Gasteiger partial charge in [0.25, 0.3) is 0 Å². The van der Waals surface area contributed by atoms with Crippen LogP contribution in [-0.4, -0.2) is 30.3 Å². The molecule has 0 atom stereocenters. The standard InChI is InChI=1S/C14H27NO/c1-13(16)9-7-8-12-15(2)14-10-5-3-4-6-11-14/h14H,3-12H2,1-2H3. The van der Waals surface area contributed by atoms with Crippen LogP contribution >= 0.6 is 0 Å². The van der Waals surface area contributed by atoms with Gasteiger partial charge in [0.2, 0.25) is 0 Å². The van der Waals surface area contributed by atoms with E-state index in [4.69, 9.17) is 0 Å². The summed E-state index contributed by atoms with van der Waals surface area (Å²) in [7, 11) is 2.25. The summed E-state index contributed by atoms with van der Waals surface area (Å²) in [6.07, 6.45) is 11.4. The Morgan fingerprint density at radius 3 is 2.31 bits per heavy atom. The van der Waals surface area contributed by atoms with Crippen LogP contribution in [0.15, 0.2) is 0 Å². The average molecular weight is 225 g/mol. The normalized spacial score (nSPS) is 18.7. The largest absolute Gasteiger partial charge is 0.303 e. The molecular formula is C14H27NO. The van der Waals surface area contributed by atoms with Crippen molar-refractivity contribution in [2.45, 2.75) is 70.8 Å². The quantitative estimate of drug-likeness (QED) is 0.510. The van der Waals surface area contributed by atoms with Gasteiger partial charge in [-0.1, -0.05) is 25.7 Å². The molecule has 0 aromatic rings. The van der Waals surface area contributed by atoms with E-state index >= 15 is 0 Å². The van der Waals surface area contributed by atoms with Gasteiger partial charge in [-0.25, -0.2) is 0 Å². The summed E-state index contributed by atoms with van der Waals surface area (Å²) in [5.41, 5.74) is 0. The molecule has 0 radical (unpaired) electrons. The van der Waals surface area contributed by atoms with Crippen molar-refractivity contribution >= 4 is 5.78 Å². The van der Waals surface area contributed by atoms with Crippen LogP contribution in [0.25, 0.3) is 0 Å². The Bertz CT molecular complexity index is 195. The topological polar surface area (TPSA) is 20.3 Å². The van der Waals surface area contributed by atoms with Crippen LogP contribution in [0.1, 0.15) is 64.7 Å². The Kier molecular flexibility index (Phi) is 6.70. The van der Waals surface area contributed by atoms with Crippen LogP contribution < -0.4 is 0 Å². The van der Waals surface area contributed by atoms with Crippen LogP contribution in [0.3, 0.4) is 0 Å². The molecule has 0 aromatic carbocycles. The number of carbonyl (C=O) groups excluding carboxylic acids is 1. The zero-order valence-corrected chi connectivity index (χ0v) is 11.0. The van der Waals surface area contributed by atoms with Gasteiger partial charge in [0.1, 0.15) is 5.78 Å². The van der Waals surface area contributed by atoms with Crippen molar-refractivity contribution in [2.75, 3.05) is 13.6 Å². The first-order valence-electron chi connectivity index (χ1n) is 6.90. The van der Waals surface area contributed by atoms with Crippen LogP contribution in [0.2, 0.25) is 0 Å². The fraction of sp³-hybridized carbons (Fsp3) is 0.929. The van der Waals surface area contributed by atoms with E-state index < -0.39 is 0 Å². The first-order chi connectivity index (χ1) is 7.70. The third-order valence-corrected chi connectivity index (χ3v) is 3.74. The van der Waals surface area contributed by atoms with Crippen molar-refractivity contribution in [3.63, 3.8) is 0 Å². The lowest BCUT2D eigenvalue weighted by Gasteiger charge is -2.26. The van der Waals surface area contributed by atoms with Crippen LogP contribution in [0.5, 0.6) is 0 Å². The number of rotatable bonds is 6. The molecule has 1 aliphatic rings. The zero-order valence-electron chi connectivity index (χ0n) is 11.0. The Morgan fingerprint density at radius 2 is 1.75 bits per heavy atom. The van der Waals surface area contributed by atoms with E-state index in [2.05, 4.69) is 11.9 Å². The van der Waals surface area contributed by atoms with Crippen LogP contribution in [0.4, 0.5) is 0 Å². The molecule has 0 heterocycles. The maximum atomic E-state index is 10.8. The highest BCUT2D eigenvalue weighted by Gasteiger charge is 2.16. The van der Waals surface area contributed by atoms with Gasteiger partial charge in [0, 0.05) is 12.5 Å². The van der Waals surface area contributed by atoms with E-state index in [0.29, 0.717) is 5.78 Å². The van der Waals surface area contributed by atoms with Gasteiger partial charge in [-0.15, -0.1) is 0 Å². The Balaban J connectivity index is 2.12. The van der Waals surface area contributed by atoms with E-state index in [-0.39, 0.29) is 0 Å². The van der Waals surface area contributed by atoms with Crippen LogP contribution in [0, 0.1) is 0 Å². The SMILES string of the molecule is CC(=O)CCCCN(C)C1CCCCCC1. The second kappa shape index (κ2) is 7.83. The van der Waals surface area contributed by atoms with E-state index in [9.17, 15) is 4.79 Å². The Hall–Kier alpha value is -0.370. The predicted molar refractivity (Wildman–Crippen MR) is 68.7 cm³/mol. The molecule has 2 heteroatoms. The van der Waals surface area contributed by atoms with Gasteiger partial charge >= 0.3 is 0 Å². The van der Waals surface area contributed by atoms with Crippen molar-refractivity contribution in [1.82, 2.24) is 4.90 Å². The molecule has 1 aliphatic carbocycles. The molecule has 1 rings (SSSR count). The van der Waals surface area contributed by atoms with Crippen molar-refractivity contribution in [2.24, 2.45) is 0 Å². The number of carbonyl (C=O) groups is 1. The molecule has 0 spiro atoms. The summed E-state index contributed by atoms with van der Waals surface area (Å²) in [6.45, 7) is 2.85. The number of unbranched alkanes of at least 4 members (excludes halogenated alkanes) is 1. The minimum absolute atomic E-state index is 0.331. The lowest BCUT2D eigenvalue weighted by atomic mass is 10.1. The summed E-state index contributed by atoms with van der Waals surface area (Å²) in [5.74, 6) is 0.331. The first kappa shape index (κ1) is 13.7. The lowest BCUT2D eigenvalue weighted by molar-refractivity contribution is -0.117. The molecule has 2 nitrogen and oxygen atoms in total. The van der Waals surface area contributed by atoms with Gasteiger partial charge in [-0.2, -0.15) is 0 Å². The van der Waals surface area contributed by atoms with Gasteiger partial charge in [0.15, 0.2) is 0 Å². The molecule has 0 aliphatic heterocycles. The maximum Gasteiger partial charge on any atom is 0.129 e. The molecule has 0 N–H and O–H groups in total. The summed E-state index contributed by atoms with van der Waals surface area (Å²) in [4.78, 5) is 13.3. The molecule has 0 aromatic heterocycles. The number of nitrogens with zero attached hydrogens (tertiary/aromatic N) is 1. The molecule has 16 heavy (non-hydrogen) atoms. The third-order valence-electron chi connectivity index (χ3n) is 3.74. The van der Waals surface area contributed by atoms with Gasteiger partial charge in [-0.3, -0.25) is 0 Å². The molecule has 1 fully saturated rings. The molecule has 0 bridgehead atoms. The molecule has 1 saturated carbocycles. The first-order valence-corrected chi connectivity index (χ1v) is 6.90. The Labute approximate surface area is 100 Å². The lowest BCUT2D eigenvalue weighted by Crippen LogP contribution is -2.32. The van der Waals surface area contributed by atoms with E-state index in [1.807, 2.05) is 0 Å². The van der Waals surface area contributed by atoms with Gasteiger partial charge < -0.3 is 9.69 Å². The highest BCUT2D eigenvalue weighted by molar-refractivity contribution is 5.75. The highest BCUT2D eigenvalue weighted by atomic mass is 16.1. The molecule has 0 amide bonds. The summed E-state index contributed by atoms with van der Waals surface area (Å²) < 4.78 is 0. The van der Waals surface area contributed by atoms with Crippen molar-refractivity contribution in [1.29, 1.82) is 0 Å². The van der Waals surface area contributed by atoms with Gasteiger partial charge in [0.05, 0.1) is 0 Å². The summed E-state index contributed by atoms with van der Waals surface area (Å²) >= 11 is 0. The number of Topliss-reactive ketones (excluding diaryl/α,β-unsaturated/α-hetero) is 1. The minimum Gasteiger partial charge on any atom is -0.303 e. The van der Waals surface area contributed by atoms with E-state index in [1.165, 1.54) is 44.9 Å². The maximum absolute atomic E-state index is 10.8. The monoisotopic (exact) mass is 225 g/mol. The smallest absolute Gasteiger partial charge is 0.129 e. The zero-order chi connectivity index (χ0) is 11.8. The van der Waals surface area contributed by atoms with Crippen molar-refractivity contribution in [3.05, 3.63) is 0 Å². The Morgan fingerprint density at radius 1 is 1.12 bits per heavy atom.